The van der Waals surface area contributed by atoms with Gasteiger partial charge in [0, 0.05) is 11.4 Å². The van der Waals surface area contributed by atoms with Gasteiger partial charge in [-0.25, -0.2) is 4.79 Å². The summed E-state index contributed by atoms with van der Waals surface area (Å²) in [6, 6.07) is 8.05. The summed E-state index contributed by atoms with van der Waals surface area (Å²) in [6.07, 6.45) is 0.716. The van der Waals surface area contributed by atoms with Crippen LogP contribution >= 0.6 is 27.5 Å². The third kappa shape index (κ3) is 5.71. The summed E-state index contributed by atoms with van der Waals surface area (Å²) in [7, 11) is 1.31. The largest absolute Gasteiger partial charge is 0.492 e. The first-order valence-corrected chi connectivity index (χ1v) is 9.47. The third-order valence-electron chi connectivity index (χ3n) is 3.86. The van der Waals surface area contributed by atoms with E-state index in [1.807, 2.05) is 19.9 Å². The molecule has 0 bridgehead atoms. The monoisotopic (exact) mass is 454 g/mol. The highest BCUT2D eigenvalue weighted by atomic mass is 79.9. The Morgan fingerprint density at radius 2 is 1.81 bits per heavy atom. The van der Waals surface area contributed by atoms with Crippen molar-refractivity contribution in [2.75, 3.05) is 13.7 Å². The smallest absolute Gasteiger partial charge is 0.337 e. The van der Waals surface area contributed by atoms with Crippen molar-refractivity contribution in [3.63, 3.8) is 0 Å². The molecule has 0 amide bonds. The number of hydrogen-bond acceptors (Lipinski definition) is 5. The van der Waals surface area contributed by atoms with Crippen LogP contribution in [-0.4, -0.2) is 25.7 Å². The molecule has 7 heteroatoms. The fourth-order valence-corrected chi connectivity index (χ4v) is 3.05. The Kier molecular flexibility index (Phi) is 7.68. The van der Waals surface area contributed by atoms with Gasteiger partial charge in [0.2, 0.25) is 0 Å². The molecule has 0 aromatic heterocycles. The van der Waals surface area contributed by atoms with Crippen molar-refractivity contribution in [2.45, 2.75) is 26.7 Å². The maximum Gasteiger partial charge on any atom is 0.337 e. The quantitative estimate of drug-likeness (QED) is 0.323. The minimum absolute atomic E-state index is 0.210. The molecule has 0 heterocycles. The summed E-state index contributed by atoms with van der Waals surface area (Å²) in [6.45, 7) is 4.20. The molecule has 144 valence electrons. The Hall–Kier alpha value is -2.05. The summed E-state index contributed by atoms with van der Waals surface area (Å²) in [5.41, 5.74) is 2.24. The molecular weight excluding hydrogens is 436 g/mol. The Labute approximate surface area is 171 Å². The average Bonchev–Trinajstić information content (AvgIpc) is 2.67. The molecule has 2 aromatic rings. The highest BCUT2D eigenvalue weighted by Gasteiger charge is 2.12. The second-order valence-electron chi connectivity index (χ2n) is 5.89. The molecule has 2 aromatic carbocycles. The Morgan fingerprint density at radius 3 is 2.44 bits per heavy atom. The van der Waals surface area contributed by atoms with Crippen LogP contribution in [0.2, 0.25) is 5.02 Å². The van der Waals surface area contributed by atoms with E-state index in [0.717, 1.165) is 15.6 Å². The summed E-state index contributed by atoms with van der Waals surface area (Å²) >= 11 is 9.68. The normalized spacial score (nSPS) is 10.4. The van der Waals surface area contributed by atoms with Gasteiger partial charge >= 0.3 is 11.9 Å². The molecule has 0 spiro atoms. The van der Waals surface area contributed by atoms with Crippen molar-refractivity contribution in [3.8, 4) is 11.5 Å². The number of aryl methyl sites for hydroxylation is 1. The van der Waals surface area contributed by atoms with Gasteiger partial charge in [0.25, 0.3) is 0 Å². The van der Waals surface area contributed by atoms with Crippen LogP contribution in [0.1, 0.15) is 34.3 Å². The zero-order chi connectivity index (χ0) is 20.0. The molecule has 0 radical (unpaired) electrons. The highest BCUT2D eigenvalue weighted by Crippen LogP contribution is 2.35. The third-order valence-corrected chi connectivity index (χ3v) is 5.43. The molecule has 0 aliphatic carbocycles. The predicted molar refractivity (Wildman–Crippen MR) is 107 cm³/mol. The van der Waals surface area contributed by atoms with E-state index in [4.69, 9.17) is 21.1 Å². The van der Waals surface area contributed by atoms with Gasteiger partial charge < -0.3 is 14.2 Å². The highest BCUT2D eigenvalue weighted by molar-refractivity contribution is 9.10. The van der Waals surface area contributed by atoms with E-state index in [0.29, 0.717) is 35.1 Å². The molecule has 0 fully saturated rings. The molecule has 0 saturated heterocycles. The van der Waals surface area contributed by atoms with Crippen LogP contribution in [-0.2, 0) is 9.53 Å². The van der Waals surface area contributed by atoms with E-state index in [9.17, 15) is 9.59 Å². The maximum atomic E-state index is 11.9. The number of carbonyl (C=O) groups is 2. The number of benzene rings is 2. The van der Waals surface area contributed by atoms with Crippen LogP contribution in [0, 0.1) is 13.8 Å². The average molecular weight is 456 g/mol. The number of hydrogen-bond donors (Lipinski definition) is 0. The summed E-state index contributed by atoms with van der Waals surface area (Å²) in [5, 5.41) is 0.705. The molecule has 0 N–H and O–H groups in total. The number of esters is 2. The lowest BCUT2D eigenvalue weighted by atomic mass is 10.1. The van der Waals surface area contributed by atoms with E-state index in [-0.39, 0.29) is 12.4 Å². The van der Waals surface area contributed by atoms with Crippen LogP contribution in [0.15, 0.2) is 34.8 Å². The number of rotatable bonds is 7. The molecule has 0 aliphatic heterocycles. The van der Waals surface area contributed by atoms with Gasteiger partial charge in [0.15, 0.2) is 0 Å². The Bertz CT molecular complexity index is 833. The number of halogens is 2. The van der Waals surface area contributed by atoms with Crippen LogP contribution < -0.4 is 9.47 Å². The molecule has 0 unspecified atom stereocenters. The van der Waals surface area contributed by atoms with Gasteiger partial charge in [-0.05, 0) is 77.7 Å². The summed E-state index contributed by atoms with van der Waals surface area (Å²) in [5.74, 6) is 0.261. The first-order chi connectivity index (χ1) is 12.8. The standard InChI is InChI=1S/C20H20BrClO5/c1-12-11-16(18(21)13(2)19(12)22)26-10-4-5-17(23)27-15-8-6-14(7-9-15)20(24)25-3/h6-9,11H,4-5,10H2,1-3H3. The Morgan fingerprint density at radius 1 is 1.15 bits per heavy atom. The van der Waals surface area contributed by atoms with Crippen molar-refractivity contribution in [1.82, 2.24) is 0 Å². The van der Waals surface area contributed by atoms with E-state index >= 15 is 0 Å². The Balaban J connectivity index is 1.81. The van der Waals surface area contributed by atoms with Crippen molar-refractivity contribution in [1.29, 1.82) is 0 Å². The fourth-order valence-electron chi connectivity index (χ4n) is 2.36. The molecule has 5 nitrogen and oxygen atoms in total. The number of ether oxygens (including phenoxy) is 3. The van der Waals surface area contributed by atoms with Gasteiger partial charge in [-0.15, -0.1) is 0 Å². The second kappa shape index (κ2) is 9.76. The molecule has 2 rings (SSSR count). The van der Waals surface area contributed by atoms with Crippen LogP contribution in [0.4, 0.5) is 0 Å². The lowest BCUT2D eigenvalue weighted by Gasteiger charge is -2.13. The van der Waals surface area contributed by atoms with Crippen LogP contribution in [0.25, 0.3) is 0 Å². The topological polar surface area (TPSA) is 61.8 Å². The van der Waals surface area contributed by atoms with E-state index in [1.54, 1.807) is 24.3 Å². The van der Waals surface area contributed by atoms with Gasteiger partial charge in [-0.1, -0.05) is 11.6 Å². The minimum Gasteiger partial charge on any atom is -0.492 e. The van der Waals surface area contributed by atoms with Gasteiger partial charge in [-0.3, -0.25) is 4.79 Å². The zero-order valence-corrected chi connectivity index (χ0v) is 17.6. The molecule has 27 heavy (non-hydrogen) atoms. The van der Waals surface area contributed by atoms with Gasteiger partial charge in [-0.2, -0.15) is 0 Å². The number of carbonyl (C=O) groups excluding carboxylic acids is 2. The maximum absolute atomic E-state index is 11.9. The molecule has 0 saturated carbocycles. The lowest BCUT2D eigenvalue weighted by molar-refractivity contribution is -0.134. The lowest BCUT2D eigenvalue weighted by Crippen LogP contribution is -2.10. The van der Waals surface area contributed by atoms with Crippen LogP contribution in [0.3, 0.4) is 0 Å². The zero-order valence-electron chi connectivity index (χ0n) is 15.3. The van der Waals surface area contributed by atoms with Crippen molar-refractivity contribution in [2.24, 2.45) is 0 Å². The summed E-state index contributed by atoms with van der Waals surface area (Å²) in [4.78, 5) is 23.3. The van der Waals surface area contributed by atoms with Crippen molar-refractivity contribution in [3.05, 3.63) is 56.5 Å². The van der Waals surface area contributed by atoms with E-state index in [1.165, 1.54) is 7.11 Å². The SMILES string of the molecule is COC(=O)c1ccc(OC(=O)CCCOc2cc(C)c(Cl)c(C)c2Br)cc1. The number of methoxy groups -OCH3 is 1. The predicted octanol–water partition coefficient (Wildman–Crippen LogP) is 5.27. The van der Waals surface area contributed by atoms with Crippen molar-refractivity contribution < 1.29 is 23.8 Å². The first kappa shape index (κ1) is 21.3. The van der Waals surface area contributed by atoms with Crippen molar-refractivity contribution >= 4 is 39.5 Å². The molecule has 0 atom stereocenters. The van der Waals surface area contributed by atoms with Gasteiger partial charge in [0.05, 0.1) is 23.8 Å². The van der Waals surface area contributed by atoms with E-state index < -0.39 is 5.97 Å². The fraction of sp³-hybridized carbons (Fsp3) is 0.300. The van der Waals surface area contributed by atoms with Crippen LogP contribution in [0.5, 0.6) is 11.5 Å². The molecule has 0 aliphatic rings. The molecular formula is C20H20BrClO5. The van der Waals surface area contributed by atoms with Gasteiger partial charge in [0.1, 0.15) is 11.5 Å². The summed E-state index contributed by atoms with van der Waals surface area (Å²) < 4.78 is 16.4. The van der Waals surface area contributed by atoms with E-state index in [2.05, 4.69) is 20.7 Å². The first-order valence-electron chi connectivity index (χ1n) is 8.30. The second-order valence-corrected chi connectivity index (χ2v) is 7.06. The minimum atomic E-state index is -0.441.